The lowest BCUT2D eigenvalue weighted by Gasteiger charge is -2.29. The molecule has 0 aromatic heterocycles. The Morgan fingerprint density at radius 2 is 1.88 bits per heavy atom. The minimum Gasteiger partial charge on any atom is -0.508 e. The van der Waals surface area contributed by atoms with Crippen LogP contribution in [0.2, 0.25) is 0 Å². The molecule has 0 atom stereocenters. The van der Waals surface area contributed by atoms with E-state index in [9.17, 15) is 19.8 Å². The van der Waals surface area contributed by atoms with Gasteiger partial charge >= 0.3 is 5.97 Å². The van der Waals surface area contributed by atoms with Crippen molar-refractivity contribution < 1.29 is 29.4 Å². The number of esters is 1. The largest absolute Gasteiger partial charge is 0.508 e. The second-order valence-corrected chi connectivity index (χ2v) is 8.47. The highest BCUT2D eigenvalue weighted by atomic mass is 16.6. The highest BCUT2D eigenvalue weighted by Crippen LogP contribution is 2.29. The van der Waals surface area contributed by atoms with Crippen LogP contribution in [0.5, 0.6) is 11.5 Å². The molecule has 8 nitrogen and oxygen atoms in total. The van der Waals surface area contributed by atoms with Gasteiger partial charge in [-0.2, -0.15) is 0 Å². The zero-order valence-corrected chi connectivity index (χ0v) is 19.0. The van der Waals surface area contributed by atoms with Crippen LogP contribution in [0.25, 0.3) is 0 Å². The molecule has 3 rings (SSSR count). The molecule has 1 fully saturated rings. The van der Waals surface area contributed by atoms with Crippen LogP contribution in [0.1, 0.15) is 54.9 Å². The summed E-state index contributed by atoms with van der Waals surface area (Å²) in [6, 6.07) is 2.50. The van der Waals surface area contributed by atoms with Crippen molar-refractivity contribution in [1.82, 2.24) is 4.90 Å². The van der Waals surface area contributed by atoms with E-state index in [1.54, 1.807) is 11.0 Å². The quantitative estimate of drug-likeness (QED) is 0.408. The summed E-state index contributed by atoms with van der Waals surface area (Å²) in [5.74, 6) is -0.704. The fraction of sp³-hybridized carbons (Fsp3) is 0.480. The van der Waals surface area contributed by atoms with E-state index in [2.05, 4.69) is 12.1 Å². The second-order valence-electron chi connectivity index (χ2n) is 8.47. The molecule has 0 radical (unpaired) electrons. The van der Waals surface area contributed by atoms with E-state index >= 15 is 0 Å². The van der Waals surface area contributed by atoms with E-state index in [0.29, 0.717) is 23.6 Å². The Morgan fingerprint density at radius 3 is 2.67 bits per heavy atom. The van der Waals surface area contributed by atoms with E-state index in [1.165, 1.54) is 6.07 Å². The highest BCUT2D eigenvalue weighted by molar-refractivity contribution is 6.00. The van der Waals surface area contributed by atoms with Crippen molar-refractivity contribution in [3.8, 4) is 11.5 Å². The molecule has 33 heavy (non-hydrogen) atoms. The SMILES string of the molecule is CC1CCN(C(=O)CO/N=C2\C=C\CC/C=C/CCOC(=O)c3c(O)cc(O)cc3C2)CC1. The first-order chi connectivity index (χ1) is 15.9. The number of rotatable bonds is 3. The number of amides is 1. The molecule has 8 heteroatoms. The Morgan fingerprint density at radius 1 is 1.15 bits per heavy atom. The van der Waals surface area contributed by atoms with Gasteiger partial charge in [-0.25, -0.2) is 4.79 Å². The number of benzene rings is 1. The first-order valence-electron chi connectivity index (χ1n) is 11.4. The summed E-state index contributed by atoms with van der Waals surface area (Å²) in [5, 5.41) is 24.4. The minimum absolute atomic E-state index is 0.0200. The summed E-state index contributed by atoms with van der Waals surface area (Å²) in [7, 11) is 0. The van der Waals surface area contributed by atoms with E-state index in [1.807, 2.05) is 18.2 Å². The molecule has 0 bridgehead atoms. The molecule has 2 aliphatic heterocycles. The number of nitrogens with zero attached hydrogens (tertiary/aromatic N) is 2. The number of likely N-dealkylation sites (tertiary alicyclic amines) is 1. The number of carbonyl (C=O) groups is 2. The third-order valence-corrected chi connectivity index (χ3v) is 5.76. The predicted molar refractivity (Wildman–Crippen MR) is 124 cm³/mol. The van der Waals surface area contributed by atoms with Crippen LogP contribution < -0.4 is 0 Å². The van der Waals surface area contributed by atoms with Gasteiger partial charge in [0.1, 0.15) is 17.1 Å². The van der Waals surface area contributed by atoms with Crippen LogP contribution in [-0.4, -0.2) is 59.0 Å². The smallest absolute Gasteiger partial charge is 0.342 e. The Kier molecular flexibility index (Phi) is 8.92. The zero-order chi connectivity index (χ0) is 23.6. The van der Waals surface area contributed by atoms with Crippen molar-refractivity contribution in [3.63, 3.8) is 0 Å². The van der Waals surface area contributed by atoms with Gasteiger partial charge in [0, 0.05) is 25.6 Å². The van der Waals surface area contributed by atoms with E-state index in [0.717, 1.165) is 44.8 Å². The van der Waals surface area contributed by atoms with E-state index in [-0.39, 0.29) is 42.6 Å². The van der Waals surface area contributed by atoms with Crippen LogP contribution in [0.15, 0.2) is 41.6 Å². The molecular formula is C25H32N2O6. The Hall–Kier alpha value is -3.29. The topological polar surface area (TPSA) is 109 Å². The molecule has 0 saturated carbocycles. The lowest BCUT2D eigenvalue weighted by atomic mass is 9.99. The number of allylic oxidation sites excluding steroid dienone is 3. The van der Waals surface area contributed by atoms with Crippen molar-refractivity contribution in [1.29, 1.82) is 0 Å². The van der Waals surface area contributed by atoms with E-state index < -0.39 is 5.97 Å². The number of hydrogen-bond acceptors (Lipinski definition) is 7. The molecule has 0 spiro atoms. The van der Waals surface area contributed by atoms with Crippen LogP contribution in [0.4, 0.5) is 0 Å². The number of cyclic esters (lactones) is 1. The Bertz CT molecular complexity index is 929. The number of fused-ring (bicyclic) bond motifs is 1. The zero-order valence-electron chi connectivity index (χ0n) is 19.0. The van der Waals surface area contributed by atoms with Crippen molar-refractivity contribution in [3.05, 3.63) is 47.6 Å². The monoisotopic (exact) mass is 456 g/mol. The average Bonchev–Trinajstić information content (AvgIpc) is 2.77. The van der Waals surface area contributed by atoms with Crippen LogP contribution in [0.3, 0.4) is 0 Å². The number of piperidine rings is 1. The van der Waals surface area contributed by atoms with Crippen molar-refractivity contribution in [2.75, 3.05) is 26.3 Å². The fourth-order valence-corrected chi connectivity index (χ4v) is 3.82. The summed E-state index contributed by atoms with van der Waals surface area (Å²) in [6.07, 6.45) is 11.9. The predicted octanol–water partition coefficient (Wildman–Crippen LogP) is 3.72. The van der Waals surface area contributed by atoms with Gasteiger partial charge in [-0.15, -0.1) is 0 Å². The first kappa shape index (κ1) is 24.4. The molecule has 2 heterocycles. The maximum absolute atomic E-state index is 12.6. The number of phenolic OH excluding ortho intramolecular Hbond substituents is 2. The molecular weight excluding hydrogens is 424 g/mol. The highest BCUT2D eigenvalue weighted by Gasteiger charge is 2.22. The lowest BCUT2D eigenvalue weighted by molar-refractivity contribution is -0.137. The van der Waals surface area contributed by atoms with Gasteiger partial charge < -0.3 is 24.7 Å². The molecule has 1 saturated heterocycles. The van der Waals surface area contributed by atoms with Crippen LogP contribution in [-0.2, 0) is 20.8 Å². The maximum Gasteiger partial charge on any atom is 0.342 e. The van der Waals surface area contributed by atoms with Crippen LogP contribution in [0, 0.1) is 5.92 Å². The molecule has 2 N–H and O–H groups in total. The summed E-state index contributed by atoms with van der Waals surface area (Å²) in [6.45, 7) is 3.65. The van der Waals surface area contributed by atoms with Gasteiger partial charge in [-0.1, -0.05) is 30.3 Å². The van der Waals surface area contributed by atoms with Gasteiger partial charge in [0.05, 0.1) is 12.3 Å². The van der Waals surface area contributed by atoms with Gasteiger partial charge in [0.25, 0.3) is 5.91 Å². The third-order valence-electron chi connectivity index (χ3n) is 5.76. The third kappa shape index (κ3) is 7.37. The Balaban J connectivity index is 1.78. The lowest BCUT2D eigenvalue weighted by Crippen LogP contribution is -2.39. The minimum atomic E-state index is -0.674. The summed E-state index contributed by atoms with van der Waals surface area (Å²) >= 11 is 0. The van der Waals surface area contributed by atoms with Gasteiger partial charge in [0.2, 0.25) is 0 Å². The number of phenols is 2. The van der Waals surface area contributed by atoms with Crippen molar-refractivity contribution in [2.45, 2.75) is 45.4 Å². The summed E-state index contributed by atoms with van der Waals surface area (Å²) in [5.41, 5.74) is 0.789. The average molecular weight is 457 g/mol. The first-order valence-corrected chi connectivity index (χ1v) is 11.4. The molecule has 0 aliphatic carbocycles. The molecule has 2 aliphatic rings. The van der Waals surface area contributed by atoms with Crippen LogP contribution >= 0.6 is 0 Å². The number of ether oxygens (including phenoxy) is 1. The standard InChI is InChI=1S/C25H32N2O6/c1-18-9-11-27(12-10-18)23(30)17-33-26-20-8-6-4-2-3-5-7-13-32-25(31)24-19(14-20)15-21(28)16-22(24)29/h3,5-6,8,15-16,18,28-29H,2,4,7,9-14,17H2,1H3/b5-3+,8-6+,26-20+. The van der Waals surface area contributed by atoms with Gasteiger partial charge in [0.15, 0.2) is 6.61 Å². The molecule has 178 valence electrons. The summed E-state index contributed by atoms with van der Waals surface area (Å²) < 4.78 is 5.29. The molecule has 1 amide bonds. The molecule has 0 unspecified atom stereocenters. The van der Waals surface area contributed by atoms with Crippen molar-refractivity contribution >= 4 is 17.6 Å². The fourth-order valence-electron chi connectivity index (χ4n) is 3.82. The number of carbonyl (C=O) groups excluding carboxylic acids is 2. The number of oxime groups is 1. The second kappa shape index (κ2) is 12.1. The molecule has 1 aromatic rings. The van der Waals surface area contributed by atoms with Crippen molar-refractivity contribution in [2.24, 2.45) is 11.1 Å². The normalized spacial score (nSPS) is 21.5. The van der Waals surface area contributed by atoms with E-state index in [4.69, 9.17) is 9.57 Å². The van der Waals surface area contributed by atoms with Gasteiger partial charge in [-0.3, -0.25) is 4.79 Å². The van der Waals surface area contributed by atoms with Gasteiger partial charge in [-0.05, 0) is 55.7 Å². The summed E-state index contributed by atoms with van der Waals surface area (Å²) in [4.78, 5) is 32.2. The maximum atomic E-state index is 12.6. The number of aromatic hydroxyl groups is 2. The molecule has 1 aromatic carbocycles. The number of hydrogen-bond donors (Lipinski definition) is 2. The Labute approximate surface area is 194 Å².